The maximum atomic E-state index is 10.7. The van der Waals surface area contributed by atoms with Crippen molar-refractivity contribution in [3.8, 4) is 5.75 Å². The van der Waals surface area contributed by atoms with Gasteiger partial charge in [0, 0.05) is 5.39 Å². The number of aromatic hydroxyl groups is 1. The number of benzene rings is 2. The van der Waals surface area contributed by atoms with Crippen LogP contribution in [-0.2, 0) is 0 Å². The Morgan fingerprint density at radius 1 is 0.696 bits per heavy atom. The number of fused-ring (bicyclic) bond motifs is 1. The molecule has 0 bridgehead atoms. The summed E-state index contributed by atoms with van der Waals surface area (Å²) in [6.45, 7) is 0. The Morgan fingerprint density at radius 2 is 1.39 bits per heavy atom. The third-order valence-electron chi connectivity index (χ3n) is 6.46. The molecule has 23 heavy (non-hydrogen) atoms. The molecule has 0 aliphatic heterocycles. The van der Waals surface area contributed by atoms with Gasteiger partial charge in [0.05, 0.1) is 0 Å². The highest BCUT2D eigenvalue weighted by atomic mass is 16.3. The van der Waals surface area contributed by atoms with Crippen molar-refractivity contribution in [1.29, 1.82) is 0 Å². The zero-order valence-electron chi connectivity index (χ0n) is 14.0. The summed E-state index contributed by atoms with van der Waals surface area (Å²) >= 11 is 0. The second kappa shape index (κ2) is 6.55. The molecule has 2 aliphatic carbocycles. The van der Waals surface area contributed by atoms with Crippen molar-refractivity contribution in [2.75, 3.05) is 0 Å². The van der Waals surface area contributed by atoms with Gasteiger partial charge in [0.2, 0.25) is 0 Å². The van der Waals surface area contributed by atoms with Gasteiger partial charge in [0.15, 0.2) is 0 Å². The fourth-order valence-corrected chi connectivity index (χ4v) is 5.11. The number of hydrogen-bond donors (Lipinski definition) is 1. The van der Waals surface area contributed by atoms with Crippen LogP contribution < -0.4 is 0 Å². The molecule has 0 atom stereocenters. The molecule has 1 nitrogen and oxygen atoms in total. The number of phenolic OH excluding ortho intramolecular Hbond substituents is 1. The van der Waals surface area contributed by atoms with Crippen molar-refractivity contribution < 1.29 is 5.11 Å². The molecule has 1 heteroatoms. The fraction of sp³-hybridized carbons (Fsp3) is 0.545. The molecule has 2 saturated carbocycles. The van der Waals surface area contributed by atoms with Gasteiger partial charge in [0.1, 0.15) is 5.75 Å². The van der Waals surface area contributed by atoms with Gasteiger partial charge in [0.25, 0.3) is 0 Å². The summed E-state index contributed by atoms with van der Waals surface area (Å²) in [5, 5.41) is 12.9. The molecule has 122 valence electrons. The van der Waals surface area contributed by atoms with Crippen molar-refractivity contribution in [3.63, 3.8) is 0 Å². The summed E-state index contributed by atoms with van der Waals surface area (Å²) in [6.07, 6.45) is 12.5. The highest BCUT2D eigenvalue weighted by Crippen LogP contribution is 2.45. The van der Waals surface area contributed by atoms with E-state index in [9.17, 15) is 5.11 Å². The van der Waals surface area contributed by atoms with E-state index in [-0.39, 0.29) is 0 Å². The molecule has 2 fully saturated rings. The quantitative estimate of drug-likeness (QED) is 0.680. The lowest BCUT2D eigenvalue weighted by Gasteiger charge is -2.36. The summed E-state index contributed by atoms with van der Waals surface area (Å²) < 4.78 is 0. The topological polar surface area (TPSA) is 20.2 Å². The fourth-order valence-electron chi connectivity index (χ4n) is 5.11. The van der Waals surface area contributed by atoms with Crippen LogP contribution in [0.25, 0.3) is 10.8 Å². The SMILES string of the molecule is Oc1c(C2CCC(C3CCCCC3)CC2)ccc2ccccc12. The van der Waals surface area contributed by atoms with Crippen LogP contribution in [0.2, 0.25) is 0 Å². The lowest BCUT2D eigenvalue weighted by atomic mass is 9.70. The molecule has 0 spiro atoms. The first-order chi connectivity index (χ1) is 11.3. The van der Waals surface area contributed by atoms with Gasteiger partial charge in [-0.2, -0.15) is 0 Å². The summed E-state index contributed by atoms with van der Waals surface area (Å²) in [5.41, 5.74) is 1.19. The van der Waals surface area contributed by atoms with Gasteiger partial charge in [-0.15, -0.1) is 0 Å². The standard InChI is InChI=1S/C22H28O/c23-22-20-9-5-4-8-18(20)14-15-21(22)19-12-10-17(11-13-19)16-6-2-1-3-7-16/h4-5,8-9,14-17,19,23H,1-3,6-7,10-13H2. The summed E-state index contributed by atoms with van der Waals surface area (Å²) in [4.78, 5) is 0. The van der Waals surface area contributed by atoms with Crippen LogP contribution in [-0.4, -0.2) is 5.11 Å². The molecule has 0 unspecified atom stereocenters. The van der Waals surface area contributed by atoms with E-state index in [0.29, 0.717) is 11.7 Å². The third-order valence-corrected chi connectivity index (χ3v) is 6.46. The van der Waals surface area contributed by atoms with Gasteiger partial charge in [-0.3, -0.25) is 0 Å². The highest BCUT2D eigenvalue weighted by Gasteiger charge is 2.30. The Bertz CT molecular complexity index is 661. The first-order valence-electron chi connectivity index (χ1n) is 9.53. The van der Waals surface area contributed by atoms with Crippen LogP contribution in [0.15, 0.2) is 36.4 Å². The largest absolute Gasteiger partial charge is 0.507 e. The first kappa shape index (κ1) is 15.1. The summed E-state index contributed by atoms with van der Waals surface area (Å²) in [7, 11) is 0. The summed E-state index contributed by atoms with van der Waals surface area (Å²) in [6, 6.07) is 12.5. The number of hydrogen-bond acceptors (Lipinski definition) is 1. The molecule has 2 aromatic carbocycles. The lowest BCUT2D eigenvalue weighted by Crippen LogP contribution is -2.23. The second-order valence-corrected chi connectivity index (χ2v) is 7.73. The zero-order valence-corrected chi connectivity index (χ0v) is 14.0. The average molecular weight is 308 g/mol. The van der Waals surface area contributed by atoms with Crippen molar-refractivity contribution in [1.82, 2.24) is 0 Å². The minimum absolute atomic E-state index is 0.532. The van der Waals surface area contributed by atoms with Crippen LogP contribution in [0.3, 0.4) is 0 Å². The van der Waals surface area contributed by atoms with Crippen molar-refractivity contribution >= 4 is 10.8 Å². The van der Waals surface area contributed by atoms with Crippen LogP contribution >= 0.6 is 0 Å². The number of phenols is 1. The van der Waals surface area contributed by atoms with Crippen LogP contribution in [0.5, 0.6) is 5.75 Å². The lowest BCUT2D eigenvalue weighted by molar-refractivity contribution is 0.185. The molecule has 0 saturated heterocycles. The van der Waals surface area contributed by atoms with E-state index in [0.717, 1.165) is 22.6 Å². The molecule has 2 aliphatic rings. The Hall–Kier alpha value is -1.50. The molecule has 0 amide bonds. The van der Waals surface area contributed by atoms with E-state index in [1.807, 2.05) is 18.2 Å². The maximum Gasteiger partial charge on any atom is 0.126 e. The predicted octanol–water partition coefficient (Wildman–Crippen LogP) is 6.40. The van der Waals surface area contributed by atoms with E-state index < -0.39 is 0 Å². The molecule has 4 rings (SSSR count). The second-order valence-electron chi connectivity index (χ2n) is 7.73. The van der Waals surface area contributed by atoms with E-state index in [1.165, 1.54) is 63.4 Å². The monoisotopic (exact) mass is 308 g/mol. The van der Waals surface area contributed by atoms with Crippen molar-refractivity contribution in [2.45, 2.75) is 63.7 Å². The Kier molecular flexibility index (Phi) is 4.29. The predicted molar refractivity (Wildman–Crippen MR) is 96.9 cm³/mol. The van der Waals surface area contributed by atoms with E-state index in [1.54, 1.807) is 0 Å². The van der Waals surface area contributed by atoms with E-state index in [4.69, 9.17) is 0 Å². The first-order valence-corrected chi connectivity index (χ1v) is 9.53. The van der Waals surface area contributed by atoms with Crippen LogP contribution in [0, 0.1) is 11.8 Å². The molecule has 0 aromatic heterocycles. The van der Waals surface area contributed by atoms with Gasteiger partial charge in [-0.1, -0.05) is 68.5 Å². The molecular formula is C22H28O. The summed E-state index contributed by atoms with van der Waals surface area (Å²) in [5.74, 6) is 3.03. The van der Waals surface area contributed by atoms with Crippen LogP contribution in [0.1, 0.15) is 69.3 Å². The minimum atomic E-state index is 0.532. The van der Waals surface area contributed by atoms with Gasteiger partial charge in [-0.25, -0.2) is 0 Å². The molecule has 0 heterocycles. The molecular weight excluding hydrogens is 280 g/mol. The molecule has 1 N–H and O–H groups in total. The van der Waals surface area contributed by atoms with Gasteiger partial charge < -0.3 is 5.11 Å². The van der Waals surface area contributed by atoms with E-state index >= 15 is 0 Å². The number of rotatable bonds is 2. The molecule has 2 aromatic rings. The smallest absolute Gasteiger partial charge is 0.126 e. The van der Waals surface area contributed by atoms with Crippen LogP contribution in [0.4, 0.5) is 0 Å². The third kappa shape index (κ3) is 2.98. The average Bonchev–Trinajstić information content (AvgIpc) is 2.63. The Morgan fingerprint density at radius 3 is 2.17 bits per heavy atom. The Balaban J connectivity index is 1.49. The normalized spacial score (nSPS) is 26.4. The maximum absolute atomic E-state index is 10.7. The zero-order chi connectivity index (χ0) is 15.6. The molecule has 0 radical (unpaired) electrons. The van der Waals surface area contributed by atoms with Crippen molar-refractivity contribution in [2.24, 2.45) is 11.8 Å². The Labute approximate surface area is 139 Å². The van der Waals surface area contributed by atoms with Crippen molar-refractivity contribution in [3.05, 3.63) is 42.0 Å². The highest BCUT2D eigenvalue weighted by molar-refractivity contribution is 5.89. The van der Waals surface area contributed by atoms with Gasteiger partial charge in [-0.05, 0) is 54.4 Å². The van der Waals surface area contributed by atoms with E-state index in [2.05, 4.69) is 18.2 Å². The minimum Gasteiger partial charge on any atom is -0.507 e. The van der Waals surface area contributed by atoms with Gasteiger partial charge >= 0.3 is 0 Å².